The Hall–Kier alpha value is -0.610. The highest BCUT2D eigenvalue weighted by Crippen LogP contribution is 1.93. The van der Waals surface area contributed by atoms with E-state index in [4.69, 9.17) is 5.11 Å². The third-order valence-corrected chi connectivity index (χ3v) is 2.21. The fraction of sp³-hybridized carbons (Fsp3) is 0.900. The normalized spacial score (nSPS) is 10.6. The summed E-state index contributed by atoms with van der Waals surface area (Å²) in [4.78, 5) is 13.2. The molecule has 0 aliphatic heterocycles. The molecule has 0 aliphatic rings. The Morgan fingerprint density at radius 2 is 2.07 bits per heavy atom. The summed E-state index contributed by atoms with van der Waals surface area (Å²) < 4.78 is 0. The molecule has 0 saturated heterocycles. The molecule has 1 amide bonds. The quantitative estimate of drug-likeness (QED) is 0.580. The summed E-state index contributed by atoms with van der Waals surface area (Å²) in [5, 5.41) is 11.6. The van der Waals surface area contributed by atoms with E-state index in [1.165, 1.54) is 0 Å². The van der Waals surface area contributed by atoms with Gasteiger partial charge in [-0.1, -0.05) is 0 Å². The lowest BCUT2D eigenvalue weighted by molar-refractivity contribution is -0.130. The minimum atomic E-state index is 0.115. The van der Waals surface area contributed by atoms with E-state index in [0.717, 1.165) is 19.4 Å². The molecule has 0 unspecified atom stereocenters. The number of nitrogens with one attached hydrogen (secondary N) is 1. The summed E-state index contributed by atoms with van der Waals surface area (Å²) in [7, 11) is 1.81. The van der Waals surface area contributed by atoms with Crippen molar-refractivity contribution in [2.45, 2.75) is 32.7 Å². The molecule has 0 radical (unpaired) electrons. The van der Waals surface area contributed by atoms with E-state index in [1.807, 2.05) is 20.9 Å². The van der Waals surface area contributed by atoms with Gasteiger partial charge in [-0.25, -0.2) is 0 Å². The molecule has 0 fully saturated rings. The number of hydrogen-bond donors (Lipinski definition) is 2. The van der Waals surface area contributed by atoms with E-state index < -0.39 is 0 Å². The molecule has 0 aromatic heterocycles. The van der Waals surface area contributed by atoms with Crippen molar-refractivity contribution in [3.63, 3.8) is 0 Å². The van der Waals surface area contributed by atoms with Crippen LogP contribution in [0.3, 0.4) is 0 Å². The summed E-state index contributed by atoms with van der Waals surface area (Å²) in [5.41, 5.74) is 0. The van der Waals surface area contributed by atoms with Crippen molar-refractivity contribution in [3.05, 3.63) is 0 Å². The molecular formula is C10H22N2O2. The maximum absolute atomic E-state index is 11.4. The number of amides is 1. The number of carbonyl (C=O) groups is 1. The molecule has 0 bridgehead atoms. The summed E-state index contributed by atoms with van der Waals surface area (Å²) in [5.74, 6) is 0.115. The van der Waals surface area contributed by atoms with Gasteiger partial charge in [0.2, 0.25) is 5.91 Å². The summed E-state index contributed by atoms with van der Waals surface area (Å²) >= 11 is 0. The number of nitrogens with zero attached hydrogens (tertiary/aromatic N) is 1. The van der Waals surface area contributed by atoms with Crippen LogP contribution < -0.4 is 5.32 Å². The lowest BCUT2D eigenvalue weighted by Gasteiger charge is -2.21. The van der Waals surface area contributed by atoms with Gasteiger partial charge in [-0.05, 0) is 33.2 Å². The maximum atomic E-state index is 11.4. The molecule has 84 valence electrons. The van der Waals surface area contributed by atoms with E-state index in [2.05, 4.69) is 5.32 Å². The van der Waals surface area contributed by atoms with E-state index in [0.29, 0.717) is 6.54 Å². The average Bonchev–Trinajstić information content (AvgIpc) is 2.16. The topological polar surface area (TPSA) is 52.6 Å². The van der Waals surface area contributed by atoms with E-state index >= 15 is 0 Å². The third kappa shape index (κ3) is 5.94. The van der Waals surface area contributed by atoms with Crippen LogP contribution in [0.4, 0.5) is 0 Å². The van der Waals surface area contributed by atoms with Crippen molar-refractivity contribution in [2.75, 3.05) is 26.7 Å². The van der Waals surface area contributed by atoms with Gasteiger partial charge in [0.15, 0.2) is 0 Å². The minimum Gasteiger partial charge on any atom is -0.396 e. The molecule has 0 saturated carbocycles. The van der Waals surface area contributed by atoms with Crippen LogP contribution in [-0.4, -0.2) is 48.7 Å². The Kier molecular flexibility index (Phi) is 7.42. The highest BCUT2D eigenvalue weighted by Gasteiger charge is 2.10. The van der Waals surface area contributed by atoms with Crippen molar-refractivity contribution in [1.82, 2.24) is 10.2 Å². The molecule has 0 aliphatic carbocycles. The number of unbranched alkanes of at least 4 members (excludes halogenated alkanes) is 1. The van der Waals surface area contributed by atoms with E-state index in [-0.39, 0.29) is 18.6 Å². The number of hydrogen-bond acceptors (Lipinski definition) is 3. The third-order valence-electron chi connectivity index (χ3n) is 2.21. The second-order valence-electron chi connectivity index (χ2n) is 3.71. The van der Waals surface area contributed by atoms with Gasteiger partial charge < -0.3 is 15.3 Å². The predicted octanol–water partition coefficient (Wildman–Crippen LogP) is 0.215. The van der Waals surface area contributed by atoms with Crippen LogP contribution in [0.15, 0.2) is 0 Å². The maximum Gasteiger partial charge on any atom is 0.236 e. The zero-order valence-electron chi connectivity index (χ0n) is 9.42. The number of aliphatic hydroxyl groups is 1. The molecule has 4 nitrogen and oxygen atoms in total. The zero-order valence-corrected chi connectivity index (χ0v) is 9.42. The van der Waals surface area contributed by atoms with Crippen molar-refractivity contribution in [2.24, 2.45) is 0 Å². The number of likely N-dealkylation sites (N-methyl/N-ethyl adjacent to an activating group) is 1. The average molecular weight is 202 g/mol. The molecule has 0 atom stereocenters. The molecule has 2 N–H and O–H groups in total. The largest absolute Gasteiger partial charge is 0.396 e. The standard InChI is InChI=1S/C10H22N2O2/c1-9(2)12(3)10(14)8-11-6-4-5-7-13/h9,11,13H,4-8H2,1-3H3. The summed E-state index contributed by atoms with van der Waals surface area (Å²) in [6, 6.07) is 0.252. The fourth-order valence-electron chi connectivity index (χ4n) is 0.970. The molecule has 14 heavy (non-hydrogen) atoms. The van der Waals surface area contributed by atoms with Crippen LogP contribution in [0.1, 0.15) is 26.7 Å². The molecular weight excluding hydrogens is 180 g/mol. The van der Waals surface area contributed by atoms with Crippen LogP contribution in [-0.2, 0) is 4.79 Å². The van der Waals surface area contributed by atoms with Crippen LogP contribution in [0.2, 0.25) is 0 Å². The smallest absolute Gasteiger partial charge is 0.236 e. The highest BCUT2D eigenvalue weighted by atomic mass is 16.2. The molecule has 0 rings (SSSR count). The summed E-state index contributed by atoms with van der Waals surface area (Å²) in [6.07, 6.45) is 1.70. The van der Waals surface area contributed by atoms with Crippen LogP contribution >= 0.6 is 0 Å². The van der Waals surface area contributed by atoms with Crippen molar-refractivity contribution in [1.29, 1.82) is 0 Å². The Morgan fingerprint density at radius 1 is 1.43 bits per heavy atom. The number of aliphatic hydroxyl groups excluding tert-OH is 1. The molecule has 0 aromatic carbocycles. The van der Waals surface area contributed by atoms with Crippen molar-refractivity contribution >= 4 is 5.91 Å². The van der Waals surface area contributed by atoms with Gasteiger partial charge in [0.25, 0.3) is 0 Å². The van der Waals surface area contributed by atoms with Crippen LogP contribution in [0.25, 0.3) is 0 Å². The fourth-order valence-corrected chi connectivity index (χ4v) is 0.970. The Morgan fingerprint density at radius 3 is 2.57 bits per heavy atom. The monoisotopic (exact) mass is 202 g/mol. The Balaban J connectivity index is 3.44. The minimum absolute atomic E-state index is 0.115. The van der Waals surface area contributed by atoms with Gasteiger partial charge >= 0.3 is 0 Å². The van der Waals surface area contributed by atoms with Gasteiger partial charge in [0.1, 0.15) is 0 Å². The SMILES string of the molecule is CC(C)N(C)C(=O)CNCCCCO. The van der Waals surface area contributed by atoms with Crippen molar-refractivity contribution < 1.29 is 9.90 Å². The first-order chi connectivity index (χ1) is 6.59. The second-order valence-corrected chi connectivity index (χ2v) is 3.71. The first-order valence-corrected chi connectivity index (χ1v) is 5.16. The lowest BCUT2D eigenvalue weighted by Crippen LogP contribution is -2.39. The van der Waals surface area contributed by atoms with Gasteiger partial charge in [-0.3, -0.25) is 4.79 Å². The molecule has 0 aromatic rings. The summed E-state index contributed by atoms with van der Waals surface area (Å²) in [6.45, 7) is 5.38. The predicted molar refractivity (Wildman–Crippen MR) is 57.1 cm³/mol. The van der Waals surface area contributed by atoms with Crippen LogP contribution in [0.5, 0.6) is 0 Å². The van der Waals surface area contributed by atoms with E-state index in [9.17, 15) is 4.79 Å². The highest BCUT2D eigenvalue weighted by molar-refractivity contribution is 5.78. The Labute approximate surface area is 86.3 Å². The number of rotatable bonds is 7. The van der Waals surface area contributed by atoms with Gasteiger partial charge in [0.05, 0.1) is 6.54 Å². The van der Waals surface area contributed by atoms with Gasteiger partial charge in [-0.2, -0.15) is 0 Å². The van der Waals surface area contributed by atoms with Crippen molar-refractivity contribution in [3.8, 4) is 0 Å². The Bertz CT molecular complexity index is 160. The molecule has 0 heterocycles. The first-order valence-electron chi connectivity index (χ1n) is 5.16. The van der Waals surface area contributed by atoms with E-state index in [1.54, 1.807) is 4.90 Å². The van der Waals surface area contributed by atoms with Crippen LogP contribution in [0, 0.1) is 0 Å². The van der Waals surface area contributed by atoms with Gasteiger partial charge in [0, 0.05) is 19.7 Å². The molecule has 4 heteroatoms. The molecule has 0 spiro atoms. The number of carbonyl (C=O) groups excluding carboxylic acids is 1. The zero-order chi connectivity index (χ0) is 11.0. The van der Waals surface area contributed by atoms with Gasteiger partial charge in [-0.15, -0.1) is 0 Å². The second kappa shape index (κ2) is 7.76. The first kappa shape index (κ1) is 13.4. The lowest BCUT2D eigenvalue weighted by atomic mass is 10.3.